The summed E-state index contributed by atoms with van der Waals surface area (Å²) >= 11 is 0. The number of aryl methyl sites for hydroxylation is 1. The van der Waals surface area contributed by atoms with Crippen molar-refractivity contribution in [1.82, 2.24) is 9.47 Å². The van der Waals surface area contributed by atoms with Crippen molar-refractivity contribution in [3.8, 4) is 11.8 Å². The van der Waals surface area contributed by atoms with Gasteiger partial charge in [0.1, 0.15) is 23.5 Å². The highest BCUT2D eigenvalue weighted by atomic mass is 16.5. The van der Waals surface area contributed by atoms with Gasteiger partial charge < -0.3 is 24.0 Å². The summed E-state index contributed by atoms with van der Waals surface area (Å²) in [7, 11) is 5.66. The Hall–Kier alpha value is -3.83. The van der Waals surface area contributed by atoms with E-state index in [0.717, 1.165) is 53.8 Å². The van der Waals surface area contributed by atoms with Crippen molar-refractivity contribution < 1.29 is 9.53 Å². The van der Waals surface area contributed by atoms with Gasteiger partial charge in [-0.3, -0.25) is 9.59 Å². The zero-order valence-electron chi connectivity index (χ0n) is 20.5. The lowest BCUT2D eigenvalue weighted by molar-refractivity contribution is -0.107. The van der Waals surface area contributed by atoms with Crippen LogP contribution in [0.5, 0.6) is 5.75 Å². The van der Waals surface area contributed by atoms with Crippen LogP contribution in [-0.4, -0.2) is 62.3 Å². The number of carbonyl (C=O) groups excluding carboxylic acids is 1. The molecule has 1 saturated heterocycles. The van der Waals surface area contributed by atoms with Gasteiger partial charge in [-0.2, -0.15) is 5.26 Å². The number of pyridine rings is 1. The first-order valence-electron chi connectivity index (χ1n) is 11.8. The molecule has 0 spiro atoms. The lowest BCUT2D eigenvalue weighted by atomic mass is 10.0. The quantitative estimate of drug-likeness (QED) is 0.468. The number of piperidine rings is 1. The first-order chi connectivity index (χ1) is 16.9. The van der Waals surface area contributed by atoms with Gasteiger partial charge in [-0.25, -0.2) is 0 Å². The highest BCUT2D eigenvalue weighted by Crippen LogP contribution is 2.31. The van der Waals surface area contributed by atoms with E-state index in [-0.39, 0.29) is 17.2 Å². The van der Waals surface area contributed by atoms with Crippen LogP contribution in [0.3, 0.4) is 0 Å². The van der Waals surface area contributed by atoms with Crippen molar-refractivity contribution in [2.75, 3.05) is 50.1 Å². The molecule has 0 atom stereocenters. The number of hydrogen-bond donors (Lipinski definition) is 0. The van der Waals surface area contributed by atoms with Gasteiger partial charge in [0.25, 0.3) is 5.56 Å². The first kappa shape index (κ1) is 24.3. The van der Waals surface area contributed by atoms with E-state index >= 15 is 0 Å². The Kier molecular flexibility index (Phi) is 7.37. The highest BCUT2D eigenvalue weighted by Gasteiger charge is 2.26. The van der Waals surface area contributed by atoms with Gasteiger partial charge in [0, 0.05) is 57.1 Å². The largest absolute Gasteiger partial charge is 0.490 e. The second-order valence-electron chi connectivity index (χ2n) is 9.12. The molecule has 0 N–H and O–H groups in total. The SMILES string of the molecule is CN(C)CCN(C=O)c1ccc(OC2CCN(c3c(C#N)c(=O)n(C)c4ccccc34)CC2)cc1. The molecule has 0 bridgehead atoms. The van der Waals surface area contributed by atoms with Crippen molar-refractivity contribution in [2.45, 2.75) is 18.9 Å². The van der Waals surface area contributed by atoms with E-state index in [1.54, 1.807) is 16.5 Å². The van der Waals surface area contributed by atoms with Crippen LogP contribution in [0.4, 0.5) is 11.4 Å². The number of carbonyl (C=O) groups is 1. The molecule has 8 heteroatoms. The molecule has 182 valence electrons. The summed E-state index contributed by atoms with van der Waals surface area (Å²) in [6.45, 7) is 2.79. The number of benzene rings is 2. The van der Waals surface area contributed by atoms with Crippen LogP contribution in [0.2, 0.25) is 0 Å². The molecule has 0 aliphatic carbocycles. The number of amides is 1. The lowest BCUT2D eigenvalue weighted by Crippen LogP contribution is -2.40. The fourth-order valence-corrected chi connectivity index (χ4v) is 4.56. The van der Waals surface area contributed by atoms with Crippen LogP contribution in [-0.2, 0) is 11.8 Å². The van der Waals surface area contributed by atoms with E-state index in [1.165, 1.54) is 0 Å². The highest BCUT2D eigenvalue weighted by molar-refractivity contribution is 5.94. The van der Waals surface area contributed by atoms with Crippen molar-refractivity contribution in [1.29, 1.82) is 5.26 Å². The van der Waals surface area contributed by atoms with Crippen molar-refractivity contribution >= 4 is 28.7 Å². The summed E-state index contributed by atoms with van der Waals surface area (Å²) in [5.74, 6) is 0.766. The normalized spacial score (nSPS) is 14.2. The van der Waals surface area contributed by atoms with Crippen LogP contribution < -0.4 is 20.1 Å². The fraction of sp³-hybridized carbons (Fsp3) is 0.370. The maximum absolute atomic E-state index is 12.8. The molecule has 1 aliphatic rings. The average Bonchev–Trinajstić information content (AvgIpc) is 2.88. The van der Waals surface area contributed by atoms with Gasteiger partial charge in [-0.15, -0.1) is 0 Å². The number of nitrogens with zero attached hydrogens (tertiary/aromatic N) is 5. The summed E-state index contributed by atoms with van der Waals surface area (Å²) in [5, 5.41) is 10.7. The number of para-hydroxylation sites is 1. The molecule has 0 unspecified atom stereocenters. The molecule has 3 aromatic rings. The molecule has 35 heavy (non-hydrogen) atoms. The summed E-state index contributed by atoms with van der Waals surface area (Å²) < 4.78 is 7.77. The Balaban J connectivity index is 1.44. The van der Waals surface area contributed by atoms with Crippen LogP contribution >= 0.6 is 0 Å². The standard InChI is InChI=1S/C27H31N5O3/c1-29(2)16-17-32(19-33)20-8-10-21(11-9-20)35-22-12-14-31(15-13-22)26-23-6-4-5-7-25(23)30(3)27(34)24(26)18-28/h4-11,19,22H,12-17H2,1-3H3. The minimum atomic E-state index is -0.269. The number of hydrogen-bond acceptors (Lipinski definition) is 6. The molecule has 2 aromatic carbocycles. The number of rotatable bonds is 8. The Morgan fingerprint density at radius 3 is 2.40 bits per heavy atom. The van der Waals surface area contributed by atoms with Crippen molar-refractivity contribution in [3.05, 3.63) is 64.4 Å². The minimum absolute atomic E-state index is 0.0383. The maximum atomic E-state index is 12.8. The smallest absolute Gasteiger partial charge is 0.270 e. The van der Waals surface area contributed by atoms with Crippen molar-refractivity contribution in [3.63, 3.8) is 0 Å². The van der Waals surface area contributed by atoms with E-state index in [1.807, 2.05) is 67.5 Å². The first-order valence-corrected chi connectivity index (χ1v) is 11.8. The molecule has 1 fully saturated rings. The third kappa shape index (κ3) is 5.15. The molecule has 1 aromatic heterocycles. The van der Waals surface area contributed by atoms with Crippen LogP contribution in [0.15, 0.2) is 53.3 Å². The molecule has 1 amide bonds. The molecule has 0 radical (unpaired) electrons. The number of likely N-dealkylation sites (N-methyl/N-ethyl adjacent to an activating group) is 1. The van der Waals surface area contributed by atoms with Gasteiger partial charge >= 0.3 is 0 Å². The van der Waals surface area contributed by atoms with E-state index in [2.05, 4.69) is 11.0 Å². The van der Waals surface area contributed by atoms with Gasteiger partial charge in [0.2, 0.25) is 6.41 Å². The van der Waals surface area contributed by atoms with Crippen LogP contribution in [0.1, 0.15) is 18.4 Å². The predicted octanol–water partition coefficient (Wildman–Crippen LogP) is 2.98. The molecule has 2 heterocycles. The fourth-order valence-electron chi connectivity index (χ4n) is 4.56. The van der Waals surface area contributed by atoms with Crippen LogP contribution in [0.25, 0.3) is 10.9 Å². The Bertz CT molecular complexity index is 1290. The lowest BCUT2D eigenvalue weighted by Gasteiger charge is -2.35. The van der Waals surface area contributed by atoms with E-state index in [0.29, 0.717) is 19.6 Å². The monoisotopic (exact) mass is 473 g/mol. The third-order valence-corrected chi connectivity index (χ3v) is 6.53. The van der Waals surface area contributed by atoms with Gasteiger partial charge in [-0.1, -0.05) is 18.2 Å². The Labute approximate surface area is 205 Å². The van der Waals surface area contributed by atoms with E-state index in [9.17, 15) is 14.9 Å². The molecule has 8 nitrogen and oxygen atoms in total. The number of fused-ring (bicyclic) bond motifs is 1. The van der Waals surface area contributed by atoms with Gasteiger partial charge in [-0.05, 0) is 44.4 Å². The summed E-state index contributed by atoms with van der Waals surface area (Å²) in [4.78, 5) is 30.1. The maximum Gasteiger partial charge on any atom is 0.270 e. The Morgan fingerprint density at radius 2 is 1.77 bits per heavy atom. The van der Waals surface area contributed by atoms with Crippen LogP contribution in [0, 0.1) is 11.3 Å². The summed E-state index contributed by atoms with van der Waals surface area (Å²) in [6.07, 6.45) is 2.45. The Morgan fingerprint density at radius 1 is 1.09 bits per heavy atom. The molecule has 0 saturated carbocycles. The minimum Gasteiger partial charge on any atom is -0.490 e. The zero-order chi connectivity index (χ0) is 24.9. The predicted molar refractivity (Wildman–Crippen MR) is 138 cm³/mol. The molecule has 4 rings (SSSR count). The molecule has 1 aliphatic heterocycles. The van der Waals surface area contributed by atoms with E-state index in [4.69, 9.17) is 4.74 Å². The number of anilines is 2. The summed E-state index contributed by atoms with van der Waals surface area (Å²) in [5.41, 5.74) is 2.30. The topological polar surface area (TPSA) is 81.8 Å². The van der Waals surface area contributed by atoms with Gasteiger partial charge in [0.15, 0.2) is 0 Å². The van der Waals surface area contributed by atoms with Gasteiger partial charge in [0.05, 0.1) is 11.2 Å². The zero-order valence-corrected chi connectivity index (χ0v) is 20.5. The van der Waals surface area contributed by atoms with E-state index < -0.39 is 0 Å². The van der Waals surface area contributed by atoms with Crippen molar-refractivity contribution in [2.24, 2.45) is 7.05 Å². The average molecular weight is 474 g/mol. The molecular formula is C27H31N5O3. The molecular weight excluding hydrogens is 442 g/mol. The number of ether oxygens (including phenoxy) is 1. The number of aromatic nitrogens is 1. The number of nitriles is 1. The third-order valence-electron chi connectivity index (χ3n) is 6.53. The summed E-state index contributed by atoms with van der Waals surface area (Å²) in [6, 6.07) is 17.5. The second kappa shape index (κ2) is 10.6. The second-order valence-corrected chi connectivity index (χ2v) is 9.12.